The molecule has 0 bridgehead atoms. The van der Waals surface area contributed by atoms with E-state index in [-0.39, 0.29) is 5.69 Å². The van der Waals surface area contributed by atoms with Gasteiger partial charge in [-0.15, -0.1) is 5.10 Å². The van der Waals surface area contributed by atoms with E-state index in [4.69, 9.17) is 5.11 Å². The number of nitrogens with zero attached hydrogens (tertiary/aromatic N) is 4. The number of aromatic carboxylic acids is 1. The molecule has 0 saturated heterocycles. The summed E-state index contributed by atoms with van der Waals surface area (Å²) in [6, 6.07) is 0.536. The van der Waals surface area contributed by atoms with Gasteiger partial charge in [0.05, 0.1) is 12.7 Å². The van der Waals surface area contributed by atoms with Crippen molar-refractivity contribution in [2.24, 2.45) is 0 Å². The first-order valence-corrected chi connectivity index (χ1v) is 6.95. The average Bonchev–Trinajstić information content (AvgIpc) is 2.87. The van der Waals surface area contributed by atoms with Crippen LogP contribution in [-0.4, -0.2) is 50.1 Å². The van der Waals surface area contributed by atoms with Crippen molar-refractivity contribution in [3.8, 4) is 0 Å². The second-order valence-electron chi connectivity index (χ2n) is 4.82. The van der Waals surface area contributed by atoms with Crippen LogP contribution in [0.1, 0.15) is 50.5 Å². The fourth-order valence-corrected chi connectivity index (χ4v) is 1.91. The second-order valence-corrected chi connectivity index (χ2v) is 4.82. The van der Waals surface area contributed by atoms with Crippen LogP contribution < -0.4 is 0 Å². The molecule has 19 heavy (non-hydrogen) atoms. The van der Waals surface area contributed by atoms with Gasteiger partial charge < -0.3 is 5.11 Å². The zero-order valence-corrected chi connectivity index (χ0v) is 12.0. The van der Waals surface area contributed by atoms with E-state index in [0.29, 0.717) is 12.6 Å². The molecule has 0 aliphatic rings. The van der Waals surface area contributed by atoms with Gasteiger partial charge in [-0.05, 0) is 26.3 Å². The Morgan fingerprint density at radius 1 is 1.47 bits per heavy atom. The van der Waals surface area contributed by atoms with Gasteiger partial charge in [-0.2, -0.15) is 0 Å². The maximum Gasteiger partial charge on any atom is 0.358 e. The summed E-state index contributed by atoms with van der Waals surface area (Å²) in [6.07, 6.45) is 4.96. The van der Waals surface area contributed by atoms with Crippen LogP contribution in [0.25, 0.3) is 0 Å². The highest BCUT2D eigenvalue weighted by Crippen LogP contribution is 2.06. The molecule has 1 rings (SSSR count). The molecule has 108 valence electrons. The Hall–Kier alpha value is -1.43. The van der Waals surface area contributed by atoms with E-state index in [1.165, 1.54) is 19.0 Å². The Labute approximate surface area is 114 Å². The molecule has 1 heterocycles. The zero-order chi connectivity index (χ0) is 14.3. The molecule has 6 heteroatoms. The maximum absolute atomic E-state index is 10.7. The normalized spacial score (nSPS) is 12.8. The first-order chi connectivity index (χ1) is 9.08. The van der Waals surface area contributed by atoms with E-state index in [2.05, 4.69) is 36.0 Å². The molecule has 0 saturated carbocycles. The van der Waals surface area contributed by atoms with Gasteiger partial charge >= 0.3 is 5.97 Å². The summed E-state index contributed by atoms with van der Waals surface area (Å²) in [5.41, 5.74) is 0.00338. The van der Waals surface area contributed by atoms with Gasteiger partial charge in [0.25, 0.3) is 0 Å². The van der Waals surface area contributed by atoms with Crippen LogP contribution >= 0.6 is 0 Å². The summed E-state index contributed by atoms with van der Waals surface area (Å²) >= 11 is 0. The van der Waals surface area contributed by atoms with Crippen molar-refractivity contribution in [1.82, 2.24) is 19.9 Å². The number of carbonyl (C=O) groups is 1. The van der Waals surface area contributed by atoms with E-state index in [1.807, 2.05) is 0 Å². The van der Waals surface area contributed by atoms with E-state index < -0.39 is 5.97 Å². The fraction of sp³-hybridized carbons (Fsp3) is 0.769. The standard InChI is InChI=1S/C13H24N4O2/c1-4-6-7-16(11(3)5-2)8-9-17-10-12(13(18)19)14-15-17/h10-11H,4-9H2,1-3H3,(H,18,19). The molecule has 0 aliphatic carbocycles. The Morgan fingerprint density at radius 2 is 2.21 bits per heavy atom. The molecule has 1 aromatic rings. The van der Waals surface area contributed by atoms with Gasteiger partial charge in [-0.3, -0.25) is 9.58 Å². The number of hydrogen-bond donors (Lipinski definition) is 1. The Kier molecular flexibility index (Phi) is 6.49. The van der Waals surface area contributed by atoms with Crippen molar-refractivity contribution in [3.63, 3.8) is 0 Å². The van der Waals surface area contributed by atoms with Gasteiger partial charge in [0.2, 0.25) is 0 Å². The molecule has 0 aromatic carbocycles. The van der Waals surface area contributed by atoms with E-state index >= 15 is 0 Å². The van der Waals surface area contributed by atoms with Crippen molar-refractivity contribution in [2.45, 2.75) is 52.6 Å². The number of hydrogen-bond acceptors (Lipinski definition) is 4. The van der Waals surface area contributed by atoms with Crippen molar-refractivity contribution in [1.29, 1.82) is 0 Å². The molecule has 0 radical (unpaired) electrons. The molecule has 0 fully saturated rings. The third-order valence-corrected chi connectivity index (χ3v) is 3.39. The summed E-state index contributed by atoms with van der Waals surface area (Å²) in [5.74, 6) is -1.03. The first-order valence-electron chi connectivity index (χ1n) is 6.95. The second kappa shape index (κ2) is 7.89. The van der Waals surface area contributed by atoms with Crippen molar-refractivity contribution in [3.05, 3.63) is 11.9 Å². The van der Waals surface area contributed by atoms with Crippen LogP contribution in [0.3, 0.4) is 0 Å². The monoisotopic (exact) mass is 268 g/mol. The highest BCUT2D eigenvalue weighted by Gasteiger charge is 2.13. The predicted molar refractivity (Wildman–Crippen MR) is 73.2 cm³/mol. The topological polar surface area (TPSA) is 71.2 Å². The van der Waals surface area contributed by atoms with E-state index in [9.17, 15) is 4.79 Å². The smallest absolute Gasteiger partial charge is 0.358 e. The number of rotatable bonds is 9. The average molecular weight is 268 g/mol. The molecule has 0 aliphatic heterocycles. The largest absolute Gasteiger partial charge is 0.476 e. The predicted octanol–water partition coefficient (Wildman–Crippen LogP) is 1.88. The lowest BCUT2D eigenvalue weighted by Gasteiger charge is -2.28. The molecular formula is C13H24N4O2. The summed E-state index contributed by atoms with van der Waals surface area (Å²) in [6.45, 7) is 9.21. The fourth-order valence-electron chi connectivity index (χ4n) is 1.91. The Morgan fingerprint density at radius 3 is 2.74 bits per heavy atom. The van der Waals surface area contributed by atoms with Crippen LogP contribution in [0.4, 0.5) is 0 Å². The Balaban J connectivity index is 2.51. The molecule has 1 aromatic heterocycles. The lowest BCUT2D eigenvalue weighted by molar-refractivity contribution is 0.0690. The minimum absolute atomic E-state index is 0.00338. The zero-order valence-electron chi connectivity index (χ0n) is 12.0. The van der Waals surface area contributed by atoms with Crippen LogP contribution in [-0.2, 0) is 6.54 Å². The lowest BCUT2D eigenvalue weighted by Crippen LogP contribution is -2.36. The number of unbranched alkanes of at least 4 members (excludes halogenated alkanes) is 1. The van der Waals surface area contributed by atoms with Gasteiger partial charge in [0.1, 0.15) is 0 Å². The van der Waals surface area contributed by atoms with Gasteiger partial charge in [0, 0.05) is 12.6 Å². The highest BCUT2D eigenvalue weighted by molar-refractivity contribution is 5.84. The molecule has 1 atom stereocenters. The van der Waals surface area contributed by atoms with Crippen LogP contribution in [0.2, 0.25) is 0 Å². The summed E-state index contributed by atoms with van der Waals surface area (Å²) < 4.78 is 1.60. The highest BCUT2D eigenvalue weighted by atomic mass is 16.4. The van der Waals surface area contributed by atoms with Crippen LogP contribution in [0, 0.1) is 0 Å². The van der Waals surface area contributed by atoms with Crippen LogP contribution in [0.5, 0.6) is 0 Å². The SMILES string of the molecule is CCCCN(CCn1cc(C(=O)O)nn1)C(C)CC. The first kappa shape index (κ1) is 15.6. The molecular weight excluding hydrogens is 244 g/mol. The van der Waals surface area contributed by atoms with Crippen molar-refractivity contribution >= 4 is 5.97 Å². The summed E-state index contributed by atoms with van der Waals surface area (Å²) in [4.78, 5) is 13.1. The number of aromatic nitrogens is 3. The minimum atomic E-state index is -1.03. The van der Waals surface area contributed by atoms with Gasteiger partial charge in [0.15, 0.2) is 5.69 Å². The van der Waals surface area contributed by atoms with Crippen molar-refractivity contribution < 1.29 is 9.90 Å². The minimum Gasteiger partial charge on any atom is -0.476 e. The molecule has 6 nitrogen and oxygen atoms in total. The van der Waals surface area contributed by atoms with Gasteiger partial charge in [-0.25, -0.2) is 4.79 Å². The van der Waals surface area contributed by atoms with E-state index in [1.54, 1.807) is 4.68 Å². The quantitative estimate of drug-likeness (QED) is 0.740. The molecule has 0 amide bonds. The van der Waals surface area contributed by atoms with Gasteiger partial charge in [-0.1, -0.05) is 25.5 Å². The summed E-state index contributed by atoms with van der Waals surface area (Å²) in [7, 11) is 0. The number of carboxylic acids is 1. The molecule has 1 unspecified atom stereocenters. The Bertz CT molecular complexity index is 392. The lowest BCUT2D eigenvalue weighted by atomic mass is 10.2. The van der Waals surface area contributed by atoms with Crippen LogP contribution in [0.15, 0.2) is 6.20 Å². The number of carboxylic acid groups (broad SMARTS) is 1. The summed E-state index contributed by atoms with van der Waals surface area (Å²) in [5, 5.41) is 16.2. The van der Waals surface area contributed by atoms with E-state index in [0.717, 1.165) is 19.5 Å². The molecule has 0 spiro atoms. The third-order valence-electron chi connectivity index (χ3n) is 3.39. The third kappa shape index (κ3) is 4.98. The van der Waals surface area contributed by atoms with Crippen molar-refractivity contribution in [2.75, 3.05) is 13.1 Å². The molecule has 1 N–H and O–H groups in total. The maximum atomic E-state index is 10.7.